The van der Waals surface area contributed by atoms with Gasteiger partial charge in [0, 0.05) is 23.9 Å². The minimum Gasteiger partial charge on any atom is -0.493 e. The summed E-state index contributed by atoms with van der Waals surface area (Å²) in [5.74, 6) is 1.11. The molecule has 9 nitrogen and oxygen atoms in total. The van der Waals surface area contributed by atoms with Crippen molar-refractivity contribution in [2.75, 3.05) is 26.6 Å². The Kier molecular flexibility index (Phi) is 9.76. The van der Waals surface area contributed by atoms with E-state index in [0.717, 1.165) is 17.5 Å². The summed E-state index contributed by atoms with van der Waals surface area (Å²) in [5.41, 5.74) is 3.69. The molecule has 0 amide bonds. The first-order valence-corrected chi connectivity index (χ1v) is 15.4. The lowest BCUT2D eigenvalue weighted by molar-refractivity contribution is 0.0507. The Balaban J connectivity index is 1.74. The third-order valence-corrected chi connectivity index (χ3v) is 7.61. The van der Waals surface area contributed by atoms with Gasteiger partial charge in [-0.2, -0.15) is 0 Å². The number of aromatic nitrogens is 1. The molecule has 2 heterocycles. The second-order valence-corrected chi connectivity index (χ2v) is 11.3. The molecule has 236 valence electrons. The molecule has 0 saturated heterocycles. The van der Waals surface area contributed by atoms with Crippen LogP contribution in [0.15, 0.2) is 59.4 Å². The van der Waals surface area contributed by atoms with Gasteiger partial charge in [0.2, 0.25) is 6.79 Å². The van der Waals surface area contributed by atoms with Gasteiger partial charge in [-0.25, -0.2) is 9.59 Å². The van der Waals surface area contributed by atoms with Crippen LogP contribution in [0.3, 0.4) is 0 Å². The van der Waals surface area contributed by atoms with Crippen molar-refractivity contribution in [3.05, 3.63) is 98.3 Å². The number of pyridine rings is 1. The summed E-state index contributed by atoms with van der Waals surface area (Å²) in [4.78, 5) is 40.6. The number of nitrogens with zero attached hydrogens (tertiary/aromatic N) is 1. The van der Waals surface area contributed by atoms with E-state index < -0.39 is 11.9 Å². The maximum atomic E-state index is 14.4. The van der Waals surface area contributed by atoms with Crippen LogP contribution in [0.1, 0.15) is 77.7 Å². The van der Waals surface area contributed by atoms with Crippen molar-refractivity contribution in [3.8, 4) is 17.2 Å². The molecule has 0 fully saturated rings. The number of fused-ring (bicyclic) bond motifs is 2. The van der Waals surface area contributed by atoms with Crippen LogP contribution in [0.25, 0.3) is 10.9 Å². The number of hydrogen-bond donors (Lipinski definition) is 0. The Morgan fingerprint density at radius 2 is 1.60 bits per heavy atom. The Labute approximate surface area is 262 Å². The molecular weight excluding hydrogens is 574 g/mol. The average molecular weight is 614 g/mol. The molecule has 45 heavy (non-hydrogen) atoms. The third-order valence-electron chi connectivity index (χ3n) is 7.61. The van der Waals surface area contributed by atoms with Crippen LogP contribution in [0.5, 0.6) is 17.2 Å². The predicted molar refractivity (Wildman–Crippen MR) is 171 cm³/mol. The fourth-order valence-corrected chi connectivity index (χ4v) is 5.50. The monoisotopic (exact) mass is 613 g/mol. The molecule has 0 N–H and O–H groups in total. The van der Waals surface area contributed by atoms with Crippen molar-refractivity contribution in [2.24, 2.45) is 5.92 Å². The number of aryl methyl sites for hydroxylation is 1. The van der Waals surface area contributed by atoms with Gasteiger partial charge in [0.15, 0.2) is 16.9 Å². The predicted octanol–water partition coefficient (Wildman–Crippen LogP) is 6.32. The second-order valence-electron chi connectivity index (χ2n) is 11.3. The molecule has 5 rings (SSSR count). The number of esters is 2. The van der Waals surface area contributed by atoms with Gasteiger partial charge in [0.25, 0.3) is 0 Å². The topological polar surface area (TPSA) is 102 Å². The van der Waals surface area contributed by atoms with E-state index >= 15 is 0 Å². The molecule has 3 aromatic carbocycles. The maximum absolute atomic E-state index is 14.4. The second kappa shape index (κ2) is 13.9. The molecule has 1 aliphatic heterocycles. The SMILES string of the molecule is CCOC(=O)c1cccc(Cc2c(C(=O)OCC)n(Cc3cc4c(cc3CC)OCO4)c3ccc(OCC(C)C)cc3c2=O)c1. The van der Waals surface area contributed by atoms with E-state index in [4.69, 9.17) is 23.7 Å². The minimum atomic E-state index is -0.605. The number of carbonyl (C=O) groups is 2. The molecule has 0 aliphatic carbocycles. The number of carbonyl (C=O) groups excluding carboxylic acids is 2. The normalized spacial score (nSPS) is 12.0. The van der Waals surface area contributed by atoms with E-state index in [1.807, 2.05) is 34.9 Å². The zero-order valence-electron chi connectivity index (χ0n) is 26.4. The number of rotatable bonds is 12. The highest BCUT2D eigenvalue weighted by molar-refractivity contribution is 5.94. The van der Waals surface area contributed by atoms with Crippen molar-refractivity contribution in [3.63, 3.8) is 0 Å². The molecular formula is C36H39NO8. The van der Waals surface area contributed by atoms with Crippen molar-refractivity contribution in [1.29, 1.82) is 0 Å². The van der Waals surface area contributed by atoms with Gasteiger partial charge in [-0.15, -0.1) is 0 Å². The Morgan fingerprint density at radius 3 is 2.29 bits per heavy atom. The number of benzene rings is 3. The van der Waals surface area contributed by atoms with Gasteiger partial charge in [-0.1, -0.05) is 32.9 Å². The van der Waals surface area contributed by atoms with E-state index in [1.165, 1.54) is 0 Å². The van der Waals surface area contributed by atoms with Gasteiger partial charge in [0.05, 0.1) is 30.9 Å². The quantitative estimate of drug-likeness (QED) is 0.171. The van der Waals surface area contributed by atoms with Crippen LogP contribution in [0.2, 0.25) is 0 Å². The highest BCUT2D eigenvalue weighted by Gasteiger charge is 2.26. The first-order valence-electron chi connectivity index (χ1n) is 15.4. The largest absolute Gasteiger partial charge is 0.493 e. The van der Waals surface area contributed by atoms with Crippen molar-refractivity contribution >= 4 is 22.8 Å². The summed E-state index contributed by atoms with van der Waals surface area (Å²) in [5, 5.41) is 0.416. The molecule has 4 aromatic rings. The molecule has 0 atom stereocenters. The summed E-state index contributed by atoms with van der Waals surface area (Å²) in [6.45, 7) is 10.9. The first kappa shape index (κ1) is 31.6. The summed E-state index contributed by atoms with van der Waals surface area (Å²) in [6, 6.07) is 16.2. The van der Waals surface area contributed by atoms with Crippen LogP contribution in [-0.4, -0.2) is 43.1 Å². The Hall–Kier alpha value is -4.79. The van der Waals surface area contributed by atoms with Crippen LogP contribution in [-0.2, 0) is 28.9 Å². The summed E-state index contributed by atoms with van der Waals surface area (Å²) < 4.78 is 29.9. The van der Waals surface area contributed by atoms with E-state index in [0.29, 0.717) is 51.8 Å². The molecule has 1 aliphatic rings. The molecule has 0 spiro atoms. The number of ether oxygens (including phenoxy) is 5. The molecule has 0 unspecified atom stereocenters. The highest BCUT2D eigenvalue weighted by atomic mass is 16.7. The highest BCUT2D eigenvalue weighted by Crippen LogP contribution is 2.36. The van der Waals surface area contributed by atoms with E-state index in [9.17, 15) is 14.4 Å². The lowest BCUT2D eigenvalue weighted by Crippen LogP contribution is -2.26. The van der Waals surface area contributed by atoms with Crippen LogP contribution >= 0.6 is 0 Å². The van der Waals surface area contributed by atoms with Gasteiger partial charge < -0.3 is 28.3 Å². The van der Waals surface area contributed by atoms with Crippen LogP contribution in [0, 0.1) is 5.92 Å². The molecule has 0 bridgehead atoms. The van der Waals surface area contributed by atoms with Crippen molar-refractivity contribution in [1.82, 2.24) is 4.57 Å². The van der Waals surface area contributed by atoms with Crippen molar-refractivity contribution in [2.45, 2.75) is 54.0 Å². The standard InChI is InChI=1S/C36H39NO8/c1-6-24-16-31-32(45-21-44-31)17-26(24)19-37-30-13-12-27(43-20-22(4)5)18-28(30)34(38)29(33(37)36(40)42-8-3)15-23-10-9-11-25(14-23)35(39)41-7-2/h9-14,16-18,22H,6-8,15,19-21H2,1-5H3. The average Bonchev–Trinajstić information content (AvgIpc) is 3.49. The fraction of sp³-hybridized carbons (Fsp3) is 0.361. The van der Waals surface area contributed by atoms with Crippen LogP contribution < -0.4 is 19.6 Å². The zero-order valence-corrected chi connectivity index (χ0v) is 26.4. The van der Waals surface area contributed by atoms with E-state index in [-0.39, 0.29) is 49.7 Å². The first-order chi connectivity index (χ1) is 21.7. The van der Waals surface area contributed by atoms with Crippen LogP contribution in [0.4, 0.5) is 0 Å². The summed E-state index contributed by atoms with van der Waals surface area (Å²) in [7, 11) is 0. The van der Waals surface area contributed by atoms with E-state index in [1.54, 1.807) is 38.1 Å². The summed E-state index contributed by atoms with van der Waals surface area (Å²) >= 11 is 0. The molecule has 9 heteroatoms. The minimum absolute atomic E-state index is 0.0923. The lowest BCUT2D eigenvalue weighted by Gasteiger charge is -2.22. The zero-order chi connectivity index (χ0) is 32.1. The lowest BCUT2D eigenvalue weighted by atomic mass is 9.97. The van der Waals surface area contributed by atoms with Gasteiger partial charge >= 0.3 is 11.9 Å². The molecule has 1 aromatic heterocycles. The Morgan fingerprint density at radius 1 is 0.889 bits per heavy atom. The smallest absolute Gasteiger partial charge is 0.355 e. The molecule has 0 radical (unpaired) electrons. The van der Waals surface area contributed by atoms with Gasteiger partial charge in [0.1, 0.15) is 11.4 Å². The molecule has 0 saturated carbocycles. The van der Waals surface area contributed by atoms with E-state index in [2.05, 4.69) is 20.8 Å². The summed E-state index contributed by atoms with van der Waals surface area (Å²) in [6.07, 6.45) is 0.814. The Bertz CT molecular complexity index is 1790. The fourth-order valence-electron chi connectivity index (χ4n) is 5.50. The van der Waals surface area contributed by atoms with Gasteiger partial charge in [-0.3, -0.25) is 4.79 Å². The third kappa shape index (κ3) is 6.82. The number of hydrogen-bond acceptors (Lipinski definition) is 8. The maximum Gasteiger partial charge on any atom is 0.355 e. The van der Waals surface area contributed by atoms with Crippen molar-refractivity contribution < 1.29 is 33.3 Å². The van der Waals surface area contributed by atoms with Gasteiger partial charge in [-0.05, 0) is 85.3 Å².